The van der Waals surface area contributed by atoms with Crippen LogP contribution in [0.2, 0.25) is 0 Å². The summed E-state index contributed by atoms with van der Waals surface area (Å²) in [5, 5.41) is 0. The maximum absolute atomic E-state index is 6.13. The van der Waals surface area contributed by atoms with Gasteiger partial charge in [0.25, 0.3) is 0 Å². The minimum Gasteiger partial charge on any atom is -0.325 e. The second-order valence-corrected chi connectivity index (χ2v) is 4.31. The van der Waals surface area contributed by atoms with Crippen molar-refractivity contribution < 1.29 is 0 Å². The molecule has 0 saturated heterocycles. The van der Waals surface area contributed by atoms with Gasteiger partial charge < -0.3 is 5.73 Å². The molecule has 0 bridgehead atoms. The molecule has 1 heteroatoms. The van der Waals surface area contributed by atoms with Gasteiger partial charge in [0.15, 0.2) is 0 Å². The zero-order chi connectivity index (χ0) is 10.6. The number of rotatable bonds is 4. The highest BCUT2D eigenvalue weighted by molar-refractivity contribution is 5.23. The van der Waals surface area contributed by atoms with E-state index in [9.17, 15) is 0 Å². The van der Waals surface area contributed by atoms with Crippen LogP contribution >= 0.6 is 0 Å². The predicted molar refractivity (Wildman–Crippen MR) is 62.3 cm³/mol. The smallest absolute Gasteiger partial charge is 0.0201 e. The van der Waals surface area contributed by atoms with E-state index in [1.807, 2.05) is 6.08 Å². The summed E-state index contributed by atoms with van der Waals surface area (Å²) in [5.41, 5.74) is 8.54. The van der Waals surface area contributed by atoms with Gasteiger partial charge in [-0.25, -0.2) is 0 Å². The summed E-state index contributed by atoms with van der Waals surface area (Å²) < 4.78 is 0. The maximum Gasteiger partial charge on any atom is 0.0201 e. The summed E-state index contributed by atoms with van der Waals surface area (Å²) in [6.07, 6.45) is 3.63. The molecule has 1 atom stereocenters. The van der Waals surface area contributed by atoms with Crippen LogP contribution in [0.1, 0.15) is 24.5 Å². The van der Waals surface area contributed by atoms with E-state index in [0.29, 0.717) is 0 Å². The Hall–Kier alpha value is -1.08. The highest BCUT2D eigenvalue weighted by Crippen LogP contribution is 2.15. The predicted octanol–water partition coefficient (Wildman–Crippen LogP) is 2.83. The Morgan fingerprint density at radius 3 is 2.43 bits per heavy atom. The molecule has 76 valence electrons. The van der Waals surface area contributed by atoms with Crippen LogP contribution in [-0.2, 0) is 6.42 Å². The van der Waals surface area contributed by atoms with Gasteiger partial charge in [-0.15, -0.1) is 6.58 Å². The van der Waals surface area contributed by atoms with Crippen LogP contribution in [0.15, 0.2) is 36.9 Å². The van der Waals surface area contributed by atoms with Crippen molar-refractivity contribution in [1.29, 1.82) is 0 Å². The average Bonchev–Trinajstić information content (AvgIpc) is 2.08. The van der Waals surface area contributed by atoms with Crippen LogP contribution in [0, 0.1) is 6.92 Å². The molecular formula is C13H19N. The monoisotopic (exact) mass is 189 g/mol. The van der Waals surface area contributed by atoms with Crippen molar-refractivity contribution in [3.63, 3.8) is 0 Å². The first-order chi connectivity index (χ1) is 6.53. The fraction of sp³-hybridized carbons (Fsp3) is 0.385. The second kappa shape index (κ2) is 4.43. The Morgan fingerprint density at radius 2 is 1.93 bits per heavy atom. The van der Waals surface area contributed by atoms with E-state index in [0.717, 1.165) is 12.8 Å². The van der Waals surface area contributed by atoms with Gasteiger partial charge in [-0.1, -0.05) is 35.9 Å². The Labute approximate surface area is 86.6 Å². The number of hydrogen-bond donors (Lipinski definition) is 1. The van der Waals surface area contributed by atoms with Gasteiger partial charge in [-0.3, -0.25) is 0 Å². The van der Waals surface area contributed by atoms with Gasteiger partial charge in [0.1, 0.15) is 0 Å². The van der Waals surface area contributed by atoms with E-state index in [2.05, 4.69) is 44.7 Å². The second-order valence-electron chi connectivity index (χ2n) is 4.31. The first-order valence-electron chi connectivity index (χ1n) is 4.99. The molecule has 1 aromatic rings. The third kappa shape index (κ3) is 3.35. The van der Waals surface area contributed by atoms with Gasteiger partial charge in [0.2, 0.25) is 0 Å². The molecule has 0 aliphatic carbocycles. The normalized spacial score (nSPS) is 14.8. The topological polar surface area (TPSA) is 26.0 Å². The van der Waals surface area contributed by atoms with Gasteiger partial charge >= 0.3 is 0 Å². The van der Waals surface area contributed by atoms with E-state index >= 15 is 0 Å². The van der Waals surface area contributed by atoms with Crippen molar-refractivity contribution in [1.82, 2.24) is 0 Å². The third-order valence-electron chi connectivity index (χ3n) is 2.34. The fourth-order valence-corrected chi connectivity index (χ4v) is 1.57. The van der Waals surface area contributed by atoms with E-state index in [1.54, 1.807) is 0 Å². The molecule has 0 aliphatic rings. The lowest BCUT2D eigenvalue weighted by molar-refractivity contribution is 0.472. The van der Waals surface area contributed by atoms with Crippen molar-refractivity contribution in [3.8, 4) is 0 Å². The third-order valence-corrected chi connectivity index (χ3v) is 2.34. The Morgan fingerprint density at radius 1 is 1.36 bits per heavy atom. The minimum absolute atomic E-state index is 0.170. The summed E-state index contributed by atoms with van der Waals surface area (Å²) in [6.45, 7) is 7.88. The first kappa shape index (κ1) is 11.0. The standard InChI is InChI=1S/C13H19N/c1-4-9-13(3,14)10-12-7-5-11(2)6-8-12/h4-8H,1,9-10,14H2,2-3H3. The maximum atomic E-state index is 6.13. The molecule has 1 aromatic carbocycles. The highest BCUT2D eigenvalue weighted by Gasteiger charge is 2.16. The Bertz CT molecular complexity index is 296. The van der Waals surface area contributed by atoms with Crippen LogP contribution in [0.3, 0.4) is 0 Å². The number of benzene rings is 1. The minimum atomic E-state index is -0.170. The molecule has 0 saturated carbocycles. The van der Waals surface area contributed by atoms with Crippen LogP contribution in [0.5, 0.6) is 0 Å². The zero-order valence-corrected chi connectivity index (χ0v) is 9.09. The number of nitrogens with two attached hydrogens (primary N) is 1. The first-order valence-corrected chi connectivity index (χ1v) is 4.99. The quantitative estimate of drug-likeness (QED) is 0.724. The van der Waals surface area contributed by atoms with E-state index < -0.39 is 0 Å². The molecule has 2 N–H and O–H groups in total. The largest absolute Gasteiger partial charge is 0.325 e. The summed E-state index contributed by atoms with van der Waals surface area (Å²) in [5.74, 6) is 0. The van der Waals surface area contributed by atoms with Gasteiger partial charge in [0.05, 0.1) is 0 Å². The molecule has 0 aromatic heterocycles. The number of hydrogen-bond acceptors (Lipinski definition) is 1. The van der Waals surface area contributed by atoms with Gasteiger partial charge in [0, 0.05) is 5.54 Å². The van der Waals surface area contributed by atoms with E-state index in [-0.39, 0.29) is 5.54 Å². The lowest BCUT2D eigenvalue weighted by Gasteiger charge is -2.22. The van der Waals surface area contributed by atoms with Crippen LogP contribution < -0.4 is 5.73 Å². The lowest BCUT2D eigenvalue weighted by Crippen LogP contribution is -2.37. The molecule has 0 radical (unpaired) electrons. The van der Waals surface area contributed by atoms with Crippen molar-refractivity contribution >= 4 is 0 Å². The molecule has 0 heterocycles. The van der Waals surface area contributed by atoms with Crippen LogP contribution in [-0.4, -0.2) is 5.54 Å². The molecule has 0 fully saturated rings. The summed E-state index contributed by atoms with van der Waals surface area (Å²) in [6, 6.07) is 8.53. The summed E-state index contributed by atoms with van der Waals surface area (Å²) in [4.78, 5) is 0. The molecule has 0 amide bonds. The Balaban J connectivity index is 2.68. The fourth-order valence-electron chi connectivity index (χ4n) is 1.57. The van der Waals surface area contributed by atoms with Crippen molar-refractivity contribution in [2.75, 3.05) is 0 Å². The van der Waals surface area contributed by atoms with Crippen molar-refractivity contribution in [3.05, 3.63) is 48.0 Å². The molecule has 1 rings (SSSR count). The van der Waals surface area contributed by atoms with E-state index in [4.69, 9.17) is 5.73 Å². The zero-order valence-electron chi connectivity index (χ0n) is 9.09. The number of aryl methyl sites for hydroxylation is 1. The van der Waals surface area contributed by atoms with Crippen LogP contribution in [0.25, 0.3) is 0 Å². The van der Waals surface area contributed by atoms with E-state index in [1.165, 1.54) is 11.1 Å². The molecule has 1 unspecified atom stereocenters. The summed E-state index contributed by atoms with van der Waals surface area (Å²) >= 11 is 0. The van der Waals surface area contributed by atoms with Crippen LogP contribution in [0.4, 0.5) is 0 Å². The van der Waals surface area contributed by atoms with Gasteiger partial charge in [-0.05, 0) is 32.3 Å². The average molecular weight is 189 g/mol. The molecule has 1 nitrogen and oxygen atoms in total. The van der Waals surface area contributed by atoms with Gasteiger partial charge in [-0.2, -0.15) is 0 Å². The highest BCUT2D eigenvalue weighted by atomic mass is 14.7. The van der Waals surface area contributed by atoms with Crippen molar-refractivity contribution in [2.45, 2.75) is 32.2 Å². The molecule has 14 heavy (non-hydrogen) atoms. The SMILES string of the molecule is C=CCC(C)(N)Cc1ccc(C)cc1. The Kier molecular flexibility index (Phi) is 3.48. The molecule has 0 spiro atoms. The van der Waals surface area contributed by atoms with Crippen molar-refractivity contribution in [2.24, 2.45) is 5.73 Å². The molecular weight excluding hydrogens is 170 g/mol. The lowest BCUT2D eigenvalue weighted by atomic mass is 9.90. The molecule has 0 aliphatic heterocycles. The summed E-state index contributed by atoms with van der Waals surface area (Å²) in [7, 11) is 0.